The van der Waals surface area contributed by atoms with E-state index in [-0.39, 0.29) is 35.4 Å². The molecule has 5 nitrogen and oxygen atoms in total. The monoisotopic (exact) mass is 392 g/mol. The van der Waals surface area contributed by atoms with Crippen LogP contribution in [0.25, 0.3) is 0 Å². The number of rotatable bonds is 7. The fourth-order valence-corrected chi connectivity index (χ4v) is 5.36. The lowest BCUT2D eigenvalue weighted by atomic mass is 10.2. The fourth-order valence-electron chi connectivity index (χ4n) is 2.52. The molecule has 24 heavy (non-hydrogen) atoms. The molecule has 1 fully saturated rings. The lowest BCUT2D eigenvalue weighted by Gasteiger charge is -2.17. The van der Waals surface area contributed by atoms with E-state index in [0.29, 0.717) is 16.2 Å². The Morgan fingerprint density at radius 3 is 2.75 bits per heavy atom. The van der Waals surface area contributed by atoms with Crippen molar-refractivity contribution in [3.05, 3.63) is 24.3 Å². The quantitative estimate of drug-likeness (QED) is 0.696. The Morgan fingerprint density at radius 2 is 2.12 bits per heavy atom. The summed E-state index contributed by atoms with van der Waals surface area (Å²) >= 11 is 1.30. The molecule has 2 unspecified atom stereocenters. The summed E-state index contributed by atoms with van der Waals surface area (Å²) in [5.74, 6) is 0.0743. The van der Waals surface area contributed by atoms with E-state index in [1.807, 2.05) is 13.8 Å². The van der Waals surface area contributed by atoms with Gasteiger partial charge in [-0.2, -0.15) is 0 Å². The van der Waals surface area contributed by atoms with E-state index >= 15 is 0 Å². The molecule has 0 aliphatic carbocycles. The van der Waals surface area contributed by atoms with Crippen LogP contribution in [0, 0.1) is 0 Å². The van der Waals surface area contributed by atoms with Gasteiger partial charge in [-0.1, -0.05) is 19.1 Å². The first kappa shape index (κ1) is 21.3. The van der Waals surface area contributed by atoms with Crippen molar-refractivity contribution in [3.63, 3.8) is 0 Å². The Morgan fingerprint density at radius 1 is 1.42 bits per heavy atom. The third-order valence-corrected chi connectivity index (χ3v) is 7.02. The molecule has 1 heterocycles. The van der Waals surface area contributed by atoms with E-state index in [0.717, 1.165) is 19.5 Å². The molecule has 0 bridgehead atoms. The second-order valence-corrected chi connectivity index (χ2v) is 9.18. The zero-order chi connectivity index (χ0) is 16.9. The predicted molar refractivity (Wildman–Crippen MR) is 101 cm³/mol. The van der Waals surface area contributed by atoms with Crippen LogP contribution in [0.15, 0.2) is 34.1 Å². The molecule has 1 aliphatic heterocycles. The lowest BCUT2D eigenvalue weighted by molar-refractivity contribution is -0.120. The molecule has 0 radical (unpaired) electrons. The van der Waals surface area contributed by atoms with Crippen LogP contribution in [-0.2, 0) is 14.6 Å². The number of halogens is 1. The first-order chi connectivity index (χ1) is 10.9. The van der Waals surface area contributed by atoms with E-state index in [4.69, 9.17) is 0 Å². The van der Waals surface area contributed by atoms with Crippen LogP contribution < -0.4 is 10.6 Å². The van der Waals surface area contributed by atoms with Crippen molar-refractivity contribution in [2.75, 3.05) is 18.8 Å². The van der Waals surface area contributed by atoms with E-state index < -0.39 is 9.84 Å². The Balaban J connectivity index is 0.00000288. The number of thioether (sulfide) groups is 1. The van der Waals surface area contributed by atoms with Crippen LogP contribution in [0.4, 0.5) is 0 Å². The molecule has 0 spiro atoms. The van der Waals surface area contributed by atoms with Crippen LogP contribution in [-0.4, -0.2) is 44.5 Å². The number of carbonyl (C=O) groups excluding carboxylic acids is 1. The van der Waals surface area contributed by atoms with Crippen molar-refractivity contribution in [2.45, 2.75) is 47.8 Å². The Hall–Kier alpha value is -0.760. The Bertz CT molecular complexity index is 646. The molecule has 136 valence electrons. The summed E-state index contributed by atoms with van der Waals surface area (Å²) in [7, 11) is -3.30. The first-order valence-electron chi connectivity index (χ1n) is 7.93. The van der Waals surface area contributed by atoms with Crippen LogP contribution >= 0.6 is 24.2 Å². The standard InChI is InChI=1S/C16H24N2O3S2.ClH/c1-3-10-23(20,21)15-7-5-4-6-14(15)22-12(2)16(19)18-13-8-9-17-11-13;/h4-7,12-13,17H,3,8-11H2,1-2H3,(H,18,19);1H. The molecule has 2 rings (SSSR count). The van der Waals surface area contributed by atoms with Crippen molar-refractivity contribution in [1.82, 2.24) is 10.6 Å². The number of nitrogens with one attached hydrogen (secondary N) is 2. The van der Waals surface area contributed by atoms with Crippen LogP contribution in [0.2, 0.25) is 0 Å². The van der Waals surface area contributed by atoms with Gasteiger partial charge < -0.3 is 10.6 Å². The van der Waals surface area contributed by atoms with Gasteiger partial charge in [-0.25, -0.2) is 8.42 Å². The fraction of sp³-hybridized carbons (Fsp3) is 0.562. The van der Waals surface area contributed by atoms with E-state index in [1.165, 1.54) is 11.8 Å². The number of hydrogen-bond acceptors (Lipinski definition) is 5. The second-order valence-electron chi connectivity index (χ2n) is 5.72. The maximum absolute atomic E-state index is 12.4. The highest BCUT2D eigenvalue weighted by molar-refractivity contribution is 8.01. The zero-order valence-electron chi connectivity index (χ0n) is 13.9. The van der Waals surface area contributed by atoms with Gasteiger partial charge in [-0.05, 0) is 38.4 Å². The van der Waals surface area contributed by atoms with Gasteiger partial charge in [0.1, 0.15) is 0 Å². The zero-order valence-corrected chi connectivity index (χ0v) is 16.4. The number of hydrogen-bond donors (Lipinski definition) is 2. The molecule has 1 aromatic carbocycles. The average Bonchev–Trinajstić information content (AvgIpc) is 3.00. The first-order valence-corrected chi connectivity index (χ1v) is 10.5. The van der Waals surface area contributed by atoms with E-state index in [1.54, 1.807) is 24.3 Å². The maximum atomic E-state index is 12.4. The molecule has 0 saturated carbocycles. The SMILES string of the molecule is CCCS(=O)(=O)c1ccccc1SC(C)C(=O)NC1CCNC1.Cl. The smallest absolute Gasteiger partial charge is 0.233 e. The van der Waals surface area contributed by atoms with Crippen molar-refractivity contribution in [1.29, 1.82) is 0 Å². The third kappa shape index (κ3) is 5.65. The van der Waals surface area contributed by atoms with Gasteiger partial charge in [-0.3, -0.25) is 4.79 Å². The maximum Gasteiger partial charge on any atom is 0.233 e. The summed E-state index contributed by atoms with van der Waals surface area (Å²) in [4.78, 5) is 13.3. The molecule has 1 aromatic rings. The summed E-state index contributed by atoms with van der Waals surface area (Å²) in [6, 6.07) is 7.09. The molecule has 2 N–H and O–H groups in total. The van der Waals surface area contributed by atoms with Crippen LogP contribution in [0.5, 0.6) is 0 Å². The van der Waals surface area contributed by atoms with E-state index in [2.05, 4.69) is 10.6 Å². The number of benzene rings is 1. The van der Waals surface area contributed by atoms with Gasteiger partial charge in [-0.15, -0.1) is 24.2 Å². The third-order valence-electron chi connectivity index (χ3n) is 3.74. The van der Waals surface area contributed by atoms with Gasteiger partial charge >= 0.3 is 0 Å². The lowest BCUT2D eigenvalue weighted by Crippen LogP contribution is -2.40. The molecule has 8 heteroatoms. The largest absolute Gasteiger partial charge is 0.351 e. The molecular weight excluding hydrogens is 368 g/mol. The molecular formula is C16H25ClN2O3S2. The van der Waals surface area contributed by atoms with Gasteiger partial charge in [0.2, 0.25) is 5.91 Å². The summed E-state index contributed by atoms with van der Waals surface area (Å²) in [5.41, 5.74) is 0. The second kappa shape index (κ2) is 9.65. The van der Waals surface area contributed by atoms with Gasteiger partial charge in [0.05, 0.1) is 15.9 Å². The minimum Gasteiger partial charge on any atom is -0.351 e. The predicted octanol–water partition coefficient (Wildman–Crippen LogP) is 2.25. The summed E-state index contributed by atoms with van der Waals surface area (Å²) in [6.45, 7) is 5.37. The minimum atomic E-state index is -3.30. The Kier molecular flexibility index (Phi) is 8.56. The van der Waals surface area contributed by atoms with Crippen molar-refractivity contribution >= 4 is 39.9 Å². The summed E-state index contributed by atoms with van der Waals surface area (Å²) in [5, 5.41) is 5.88. The van der Waals surface area contributed by atoms with Crippen molar-refractivity contribution in [2.24, 2.45) is 0 Å². The molecule has 2 atom stereocenters. The molecule has 1 amide bonds. The average molecular weight is 393 g/mol. The van der Waals surface area contributed by atoms with Gasteiger partial charge in [0, 0.05) is 17.5 Å². The summed E-state index contributed by atoms with van der Waals surface area (Å²) < 4.78 is 24.7. The van der Waals surface area contributed by atoms with E-state index in [9.17, 15) is 13.2 Å². The topological polar surface area (TPSA) is 75.3 Å². The molecule has 0 aromatic heterocycles. The molecule has 1 aliphatic rings. The van der Waals surface area contributed by atoms with Crippen LogP contribution in [0.3, 0.4) is 0 Å². The molecule has 1 saturated heterocycles. The Labute approximate surface area is 154 Å². The minimum absolute atomic E-state index is 0. The summed E-state index contributed by atoms with van der Waals surface area (Å²) in [6.07, 6.45) is 1.51. The highest BCUT2D eigenvalue weighted by atomic mass is 35.5. The van der Waals surface area contributed by atoms with Crippen molar-refractivity contribution < 1.29 is 13.2 Å². The van der Waals surface area contributed by atoms with Gasteiger partial charge in [0.25, 0.3) is 0 Å². The normalized spacial score (nSPS) is 18.7. The van der Waals surface area contributed by atoms with Crippen LogP contribution in [0.1, 0.15) is 26.7 Å². The highest BCUT2D eigenvalue weighted by Crippen LogP contribution is 2.30. The number of carbonyl (C=O) groups is 1. The van der Waals surface area contributed by atoms with Crippen molar-refractivity contribution in [3.8, 4) is 0 Å². The highest BCUT2D eigenvalue weighted by Gasteiger charge is 2.24. The van der Waals surface area contributed by atoms with Gasteiger partial charge in [0.15, 0.2) is 9.84 Å². The number of amides is 1. The number of sulfone groups is 1.